The van der Waals surface area contributed by atoms with Gasteiger partial charge in [-0.15, -0.1) is 0 Å². The van der Waals surface area contributed by atoms with E-state index in [9.17, 15) is 0 Å². The first kappa shape index (κ1) is 8.30. The number of halogens is 1. The first-order valence-electron chi connectivity index (χ1n) is 4.94. The van der Waals surface area contributed by atoms with Crippen molar-refractivity contribution in [2.75, 3.05) is 6.54 Å². The van der Waals surface area contributed by atoms with Crippen LogP contribution in [0, 0.1) is 0 Å². The lowest BCUT2D eigenvalue weighted by Gasteiger charge is -2.25. The van der Waals surface area contributed by atoms with Crippen molar-refractivity contribution in [2.45, 2.75) is 19.4 Å². The molecular weight excluding hydrogens is 196 g/mol. The van der Waals surface area contributed by atoms with Crippen LogP contribution in [0.3, 0.4) is 0 Å². The number of rotatable bonds is 0. The molecule has 3 rings (SSSR count). The largest absolute Gasteiger partial charge is 0.356 e. The zero-order chi connectivity index (χ0) is 9.54. The summed E-state index contributed by atoms with van der Waals surface area (Å²) in [6, 6.07) is 5.96. The van der Waals surface area contributed by atoms with E-state index in [1.54, 1.807) is 0 Å². The van der Waals surface area contributed by atoms with Crippen LogP contribution < -0.4 is 0 Å². The van der Waals surface area contributed by atoms with Gasteiger partial charge in [-0.2, -0.15) is 0 Å². The Morgan fingerprint density at radius 2 is 2.29 bits per heavy atom. The van der Waals surface area contributed by atoms with Crippen LogP contribution in [0.5, 0.6) is 0 Å². The second kappa shape index (κ2) is 2.99. The second-order valence-corrected chi connectivity index (χ2v) is 4.20. The number of benzene rings is 1. The number of amidine groups is 1. The molecule has 1 saturated heterocycles. The van der Waals surface area contributed by atoms with Gasteiger partial charge in [-0.25, -0.2) is 4.99 Å². The molecule has 0 N–H and O–H groups in total. The van der Waals surface area contributed by atoms with Gasteiger partial charge in [0, 0.05) is 30.1 Å². The van der Waals surface area contributed by atoms with Gasteiger partial charge in [-0.1, -0.05) is 17.7 Å². The van der Waals surface area contributed by atoms with Gasteiger partial charge in [-0.05, 0) is 18.6 Å². The van der Waals surface area contributed by atoms with Crippen LogP contribution in [0.15, 0.2) is 23.2 Å². The Labute approximate surface area is 88.2 Å². The average molecular weight is 207 g/mol. The lowest BCUT2D eigenvalue weighted by molar-refractivity contribution is 0.443. The van der Waals surface area contributed by atoms with Crippen LogP contribution >= 0.6 is 11.6 Å². The summed E-state index contributed by atoms with van der Waals surface area (Å²) in [5, 5.41) is 0.845. The Balaban J connectivity index is 2.13. The Morgan fingerprint density at radius 1 is 1.36 bits per heavy atom. The number of hydrogen-bond donors (Lipinski definition) is 0. The Bertz CT molecular complexity index is 412. The predicted octanol–water partition coefficient (Wildman–Crippen LogP) is 2.98. The molecule has 0 bridgehead atoms. The van der Waals surface area contributed by atoms with E-state index in [4.69, 9.17) is 11.6 Å². The Kier molecular flexibility index (Phi) is 1.77. The average Bonchev–Trinajstić information content (AvgIpc) is 2.62. The van der Waals surface area contributed by atoms with Gasteiger partial charge in [0.05, 0.1) is 5.69 Å². The van der Waals surface area contributed by atoms with Crippen molar-refractivity contribution in [1.29, 1.82) is 0 Å². The molecule has 14 heavy (non-hydrogen) atoms. The SMILES string of the molecule is Clc1cccc2c1CN1CCCC1=N2. The maximum absolute atomic E-state index is 6.14. The van der Waals surface area contributed by atoms with Crippen molar-refractivity contribution in [1.82, 2.24) is 4.90 Å². The molecule has 2 aliphatic rings. The minimum absolute atomic E-state index is 0.845. The lowest BCUT2D eigenvalue weighted by Crippen LogP contribution is -2.26. The van der Waals surface area contributed by atoms with Crippen LogP contribution in [0.4, 0.5) is 5.69 Å². The van der Waals surface area contributed by atoms with Gasteiger partial charge >= 0.3 is 0 Å². The van der Waals surface area contributed by atoms with E-state index in [1.807, 2.05) is 18.2 Å². The first-order chi connectivity index (χ1) is 6.84. The van der Waals surface area contributed by atoms with Gasteiger partial charge in [-0.3, -0.25) is 0 Å². The fourth-order valence-electron chi connectivity index (χ4n) is 2.15. The number of aliphatic imine (C=N–C) groups is 1. The van der Waals surface area contributed by atoms with Crippen LogP contribution in [-0.2, 0) is 6.54 Å². The molecule has 0 aliphatic carbocycles. The molecule has 0 saturated carbocycles. The molecule has 3 heteroatoms. The third-order valence-corrected chi connectivity index (χ3v) is 3.24. The van der Waals surface area contributed by atoms with E-state index in [2.05, 4.69) is 9.89 Å². The molecule has 0 amide bonds. The summed E-state index contributed by atoms with van der Waals surface area (Å²) >= 11 is 6.14. The number of nitrogens with zero attached hydrogens (tertiary/aromatic N) is 2. The maximum atomic E-state index is 6.14. The quantitative estimate of drug-likeness (QED) is 0.637. The fraction of sp³-hybridized carbons (Fsp3) is 0.364. The molecule has 2 nitrogen and oxygen atoms in total. The van der Waals surface area contributed by atoms with Crippen LogP contribution in [-0.4, -0.2) is 17.3 Å². The molecule has 0 aromatic heterocycles. The molecule has 2 heterocycles. The molecule has 0 unspecified atom stereocenters. The molecule has 0 atom stereocenters. The molecule has 1 fully saturated rings. The van der Waals surface area contributed by atoms with E-state index in [0.29, 0.717) is 0 Å². The third kappa shape index (κ3) is 1.14. The van der Waals surface area contributed by atoms with E-state index in [0.717, 1.165) is 30.2 Å². The van der Waals surface area contributed by atoms with Crippen molar-refractivity contribution < 1.29 is 0 Å². The van der Waals surface area contributed by atoms with E-state index >= 15 is 0 Å². The zero-order valence-corrected chi connectivity index (χ0v) is 8.59. The highest BCUT2D eigenvalue weighted by Crippen LogP contribution is 2.34. The van der Waals surface area contributed by atoms with Crippen LogP contribution in [0.1, 0.15) is 18.4 Å². The molecule has 1 aromatic rings. The summed E-state index contributed by atoms with van der Waals surface area (Å²) in [6.07, 6.45) is 2.34. The van der Waals surface area contributed by atoms with Gasteiger partial charge in [0.25, 0.3) is 0 Å². The highest BCUT2D eigenvalue weighted by molar-refractivity contribution is 6.31. The predicted molar refractivity (Wildman–Crippen MR) is 58.2 cm³/mol. The monoisotopic (exact) mass is 206 g/mol. The highest BCUT2D eigenvalue weighted by atomic mass is 35.5. The summed E-state index contributed by atoms with van der Waals surface area (Å²) in [7, 11) is 0. The maximum Gasteiger partial charge on any atom is 0.105 e. The molecule has 2 aliphatic heterocycles. The topological polar surface area (TPSA) is 15.6 Å². The standard InChI is InChI=1S/C11H11ClN2/c12-9-3-1-4-10-8(9)7-14-6-2-5-11(14)13-10/h1,3-4H,2,5-7H2. The highest BCUT2D eigenvalue weighted by Gasteiger charge is 2.24. The summed E-state index contributed by atoms with van der Waals surface area (Å²) < 4.78 is 0. The molecule has 72 valence electrons. The van der Waals surface area contributed by atoms with Gasteiger partial charge in [0.1, 0.15) is 5.84 Å². The van der Waals surface area contributed by atoms with Gasteiger partial charge < -0.3 is 4.90 Å². The van der Waals surface area contributed by atoms with Crippen molar-refractivity contribution in [3.63, 3.8) is 0 Å². The Hall–Kier alpha value is -1.02. The number of hydrogen-bond acceptors (Lipinski definition) is 2. The number of fused-ring (bicyclic) bond motifs is 2. The van der Waals surface area contributed by atoms with E-state index in [1.165, 1.54) is 17.8 Å². The van der Waals surface area contributed by atoms with Gasteiger partial charge in [0.15, 0.2) is 0 Å². The molecule has 0 spiro atoms. The van der Waals surface area contributed by atoms with Crippen molar-refractivity contribution in [2.24, 2.45) is 4.99 Å². The summed E-state index contributed by atoms with van der Waals surface area (Å²) in [5.41, 5.74) is 2.24. The summed E-state index contributed by atoms with van der Waals surface area (Å²) in [5.74, 6) is 1.24. The zero-order valence-electron chi connectivity index (χ0n) is 7.83. The van der Waals surface area contributed by atoms with Gasteiger partial charge in [0.2, 0.25) is 0 Å². The lowest BCUT2D eigenvalue weighted by atomic mass is 10.1. The molecule has 1 aromatic carbocycles. The minimum Gasteiger partial charge on any atom is -0.356 e. The molecular formula is C11H11ClN2. The smallest absolute Gasteiger partial charge is 0.105 e. The first-order valence-corrected chi connectivity index (χ1v) is 5.32. The Morgan fingerprint density at radius 3 is 3.21 bits per heavy atom. The van der Waals surface area contributed by atoms with Crippen LogP contribution in [0.25, 0.3) is 0 Å². The minimum atomic E-state index is 0.845. The van der Waals surface area contributed by atoms with E-state index in [-0.39, 0.29) is 0 Å². The van der Waals surface area contributed by atoms with Crippen molar-refractivity contribution in [3.05, 3.63) is 28.8 Å². The third-order valence-electron chi connectivity index (χ3n) is 2.89. The molecule has 0 radical (unpaired) electrons. The van der Waals surface area contributed by atoms with E-state index < -0.39 is 0 Å². The second-order valence-electron chi connectivity index (χ2n) is 3.79. The normalized spacial score (nSPS) is 18.9. The van der Waals surface area contributed by atoms with Crippen LogP contribution in [0.2, 0.25) is 5.02 Å². The van der Waals surface area contributed by atoms with Crippen molar-refractivity contribution in [3.8, 4) is 0 Å². The summed E-state index contributed by atoms with van der Waals surface area (Å²) in [6.45, 7) is 2.07. The fourth-order valence-corrected chi connectivity index (χ4v) is 2.38. The summed E-state index contributed by atoms with van der Waals surface area (Å²) in [4.78, 5) is 6.95. The van der Waals surface area contributed by atoms with Crippen molar-refractivity contribution >= 4 is 23.1 Å².